The smallest absolute Gasteiger partial charge is 0.252 e. The van der Waals surface area contributed by atoms with Crippen molar-refractivity contribution in [3.63, 3.8) is 0 Å². The van der Waals surface area contributed by atoms with Crippen LogP contribution >= 0.6 is 0 Å². The molecule has 12 rings (SSSR count). The molecule has 0 fully saturated rings. The van der Waals surface area contributed by atoms with Crippen molar-refractivity contribution < 1.29 is 0 Å². The van der Waals surface area contributed by atoms with E-state index in [1.807, 2.05) is 0 Å². The number of benzene rings is 8. The fourth-order valence-electron chi connectivity index (χ4n) is 13.6. The van der Waals surface area contributed by atoms with Crippen molar-refractivity contribution in [2.45, 2.75) is 156 Å². The topological polar surface area (TPSA) is 6.48 Å². The highest BCUT2D eigenvalue weighted by molar-refractivity contribution is 7.00. The van der Waals surface area contributed by atoms with Gasteiger partial charge in [-0.15, -0.1) is 0 Å². The Bertz CT molecular complexity index is 3660. The molecule has 0 spiro atoms. The summed E-state index contributed by atoms with van der Waals surface area (Å²) in [6.45, 7) is 38.3. The standard InChI is InChI=1S/C72H77BN2/c1-44-37-47(67(2,3)4)30-33-59(44)74-61-32-29-46(50-26-22-28-54-65(50)51-25-20-21-27-53(51)72(54,15)16)38-57(61)73-58-42-55-56(71(13,14)36-35-70(55,11)12)43-62(58)75(64-41-49(69(8,9)10)40-63(74)66(64)73)60-34-31-48(68(5,6)7)39-52(60)45-23-18-17-19-24-45/h17-34,37-43H,35-36H2,1-16H3. The number of aryl methyl sites for hydroxylation is 1. The molecule has 2 aliphatic heterocycles. The number of hydrogen-bond acceptors (Lipinski definition) is 2. The molecule has 0 N–H and O–H groups in total. The Morgan fingerprint density at radius 3 is 1.56 bits per heavy atom. The lowest BCUT2D eigenvalue weighted by Crippen LogP contribution is -2.62. The van der Waals surface area contributed by atoms with Crippen LogP contribution < -0.4 is 26.2 Å². The minimum Gasteiger partial charge on any atom is -0.311 e. The molecule has 4 aliphatic rings. The molecule has 8 aromatic rings. The van der Waals surface area contributed by atoms with E-state index in [1.165, 1.54) is 128 Å². The van der Waals surface area contributed by atoms with Gasteiger partial charge in [-0.2, -0.15) is 0 Å². The van der Waals surface area contributed by atoms with Crippen LogP contribution in [0.1, 0.15) is 161 Å². The third-order valence-electron chi connectivity index (χ3n) is 18.3. The number of rotatable bonds is 4. The van der Waals surface area contributed by atoms with Crippen molar-refractivity contribution in [2.75, 3.05) is 9.80 Å². The Kier molecular flexibility index (Phi) is 10.8. The lowest BCUT2D eigenvalue weighted by atomic mass is 9.33. The average Bonchev–Trinajstić information content (AvgIpc) is 3.65. The van der Waals surface area contributed by atoms with Crippen molar-refractivity contribution >= 4 is 57.2 Å². The highest BCUT2D eigenvalue weighted by Crippen LogP contribution is 2.55. The highest BCUT2D eigenvalue weighted by Gasteiger charge is 2.48. The zero-order valence-electron chi connectivity index (χ0n) is 47.8. The maximum atomic E-state index is 2.72. The monoisotopic (exact) mass is 981 g/mol. The van der Waals surface area contributed by atoms with E-state index in [4.69, 9.17) is 0 Å². The van der Waals surface area contributed by atoms with Gasteiger partial charge in [-0.1, -0.05) is 213 Å². The minimum atomic E-state index is -0.147. The number of anilines is 6. The van der Waals surface area contributed by atoms with Crippen LogP contribution in [0.5, 0.6) is 0 Å². The van der Waals surface area contributed by atoms with Crippen LogP contribution in [0.15, 0.2) is 152 Å². The SMILES string of the molecule is Cc1cc(C(C)(C)C)ccc1N1c2ccc(-c3cccc4c3-c3ccccc3C4(C)C)cc2B2c3cc4c(cc3N(c3ccc(C(C)(C)C)cc3-c3ccccc3)c3cc(C(C)(C)C)cc1c32)C(C)(C)CCC4(C)C. The normalized spacial score (nSPS) is 16.7. The molecule has 0 saturated carbocycles. The first-order valence-corrected chi connectivity index (χ1v) is 27.9. The summed E-state index contributed by atoms with van der Waals surface area (Å²) in [5.41, 5.74) is 30.2. The summed E-state index contributed by atoms with van der Waals surface area (Å²) in [5.74, 6) is 0. The van der Waals surface area contributed by atoms with E-state index in [1.54, 1.807) is 0 Å². The molecule has 378 valence electrons. The zero-order valence-corrected chi connectivity index (χ0v) is 47.8. The summed E-state index contributed by atoms with van der Waals surface area (Å²) >= 11 is 0. The number of hydrogen-bond donors (Lipinski definition) is 0. The van der Waals surface area contributed by atoms with Crippen molar-refractivity contribution in [1.82, 2.24) is 0 Å². The fourth-order valence-corrected chi connectivity index (χ4v) is 13.6. The summed E-state index contributed by atoms with van der Waals surface area (Å²) in [5, 5.41) is 0. The molecule has 75 heavy (non-hydrogen) atoms. The lowest BCUT2D eigenvalue weighted by molar-refractivity contribution is 0.332. The second-order valence-electron chi connectivity index (χ2n) is 27.8. The predicted molar refractivity (Wildman–Crippen MR) is 325 cm³/mol. The van der Waals surface area contributed by atoms with Crippen LogP contribution in [0.3, 0.4) is 0 Å². The molecule has 0 radical (unpaired) electrons. The Balaban J connectivity index is 1.23. The molecule has 0 saturated heterocycles. The van der Waals surface area contributed by atoms with E-state index < -0.39 is 0 Å². The number of nitrogens with zero attached hydrogens (tertiary/aromatic N) is 2. The first-order valence-electron chi connectivity index (χ1n) is 27.9. The van der Waals surface area contributed by atoms with Gasteiger partial charge in [0.15, 0.2) is 0 Å². The third-order valence-corrected chi connectivity index (χ3v) is 18.3. The largest absolute Gasteiger partial charge is 0.311 e. The van der Waals surface area contributed by atoms with Gasteiger partial charge in [0.1, 0.15) is 0 Å². The fraction of sp³-hybridized carbons (Fsp3) is 0.333. The Morgan fingerprint density at radius 2 is 0.920 bits per heavy atom. The van der Waals surface area contributed by atoms with E-state index in [9.17, 15) is 0 Å². The third kappa shape index (κ3) is 7.63. The quantitative estimate of drug-likeness (QED) is 0.162. The van der Waals surface area contributed by atoms with Crippen molar-refractivity contribution in [3.05, 3.63) is 196 Å². The van der Waals surface area contributed by atoms with Gasteiger partial charge < -0.3 is 9.80 Å². The molecule has 2 nitrogen and oxygen atoms in total. The van der Waals surface area contributed by atoms with Crippen LogP contribution in [0.4, 0.5) is 34.1 Å². The number of fused-ring (bicyclic) bond motifs is 8. The first-order chi connectivity index (χ1) is 35.3. The molecule has 2 aliphatic carbocycles. The molecular weight excluding hydrogens is 904 g/mol. The summed E-state index contributed by atoms with van der Waals surface area (Å²) in [6.07, 6.45) is 2.30. The highest BCUT2D eigenvalue weighted by atomic mass is 15.2. The Hall–Kier alpha value is -6.58. The summed E-state index contributed by atoms with van der Waals surface area (Å²) in [7, 11) is 0. The maximum absolute atomic E-state index is 2.72. The van der Waals surface area contributed by atoms with Gasteiger partial charge in [0.05, 0.1) is 5.69 Å². The van der Waals surface area contributed by atoms with Crippen LogP contribution in [0.2, 0.25) is 0 Å². The summed E-state index contributed by atoms with van der Waals surface area (Å²) in [4.78, 5) is 5.38. The van der Waals surface area contributed by atoms with Crippen molar-refractivity contribution in [1.29, 1.82) is 0 Å². The summed E-state index contributed by atoms with van der Waals surface area (Å²) < 4.78 is 0. The van der Waals surface area contributed by atoms with Crippen molar-refractivity contribution in [3.8, 4) is 33.4 Å². The van der Waals surface area contributed by atoms with Gasteiger partial charge in [-0.25, -0.2) is 0 Å². The van der Waals surface area contributed by atoms with Crippen molar-refractivity contribution in [2.24, 2.45) is 0 Å². The molecular formula is C72H77BN2. The van der Waals surface area contributed by atoms with Gasteiger partial charge in [-0.05, 0) is 178 Å². The molecule has 0 bridgehead atoms. The van der Waals surface area contributed by atoms with Gasteiger partial charge in [-0.3, -0.25) is 0 Å². The molecule has 0 amide bonds. The van der Waals surface area contributed by atoms with E-state index >= 15 is 0 Å². The zero-order chi connectivity index (χ0) is 53.1. The molecule has 0 unspecified atom stereocenters. The van der Waals surface area contributed by atoms with Gasteiger partial charge in [0, 0.05) is 39.4 Å². The van der Waals surface area contributed by atoms with Crippen LogP contribution in [0, 0.1) is 6.92 Å². The maximum Gasteiger partial charge on any atom is 0.252 e. The molecule has 3 heteroatoms. The predicted octanol–water partition coefficient (Wildman–Crippen LogP) is 18.0. The average molecular weight is 981 g/mol. The van der Waals surface area contributed by atoms with E-state index in [0.717, 1.165) is 12.8 Å². The molecule has 2 heterocycles. The Labute approximate surface area is 450 Å². The Morgan fingerprint density at radius 1 is 0.387 bits per heavy atom. The molecule has 0 aromatic heterocycles. The van der Waals surface area contributed by atoms with Gasteiger partial charge in [0.25, 0.3) is 6.71 Å². The van der Waals surface area contributed by atoms with Crippen LogP contribution in [-0.2, 0) is 32.5 Å². The van der Waals surface area contributed by atoms with E-state index in [0.29, 0.717) is 0 Å². The minimum absolute atomic E-state index is 0.00550. The molecule has 8 aromatic carbocycles. The van der Waals surface area contributed by atoms with E-state index in [-0.39, 0.29) is 39.2 Å². The van der Waals surface area contributed by atoms with Gasteiger partial charge in [0.2, 0.25) is 0 Å². The summed E-state index contributed by atoms with van der Waals surface area (Å²) in [6, 6.07) is 60.0. The second-order valence-corrected chi connectivity index (χ2v) is 27.8. The van der Waals surface area contributed by atoms with Crippen LogP contribution in [-0.4, -0.2) is 6.71 Å². The molecule has 0 atom stereocenters. The first kappa shape index (κ1) is 49.3. The van der Waals surface area contributed by atoms with E-state index in [2.05, 4.69) is 272 Å². The second kappa shape index (κ2) is 16.5. The van der Waals surface area contributed by atoms with Gasteiger partial charge >= 0.3 is 0 Å². The van der Waals surface area contributed by atoms with Crippen LogP contribution in [0.25, 0.3) is 33.4 Å². The lowest BCUT2D eigenvalue weighted by Gasteiger charge is -2.48.